The Balaban J connectivity index is 0. The highest BCUT2D eigenvalue weighted by Gasteiger charge is 2.07. The minimum atomic E-state index is 0. The summed E-state index contributed by atoms with van der Waals surface area (Å²) < 4.78 is 0. The molecule has 1 fully saturated rings. The van der Waals surface area contributed by atoms with Crippen molar-refractivity contribution in [3.63, 3.8) is 0 Å². The fourth-order valence-electron chi connectivity index (χ4n) is 1.01. The van der Waals surface area contributed by atoms with Crippen LogP contribution in [0, 0.1) is 0 Å². The molecule has 0 radical (unpaired) electrons. The standard InChI is InChI=1S/C6H14N2S.C2H6.H2/c7-1-2-8-3-5-9-6-4-8;1-2;/h1-7H2;1-2H3;1H. The van der Waals surface area contributed by atoms with Crippen LogP contribution in [-0.4, -0.2) is 42.6 Å². The molecule has 2 nitrogen and oxygen atoms in total. The van der Waals surface area contributed by atoms with Crippen molar-refractivity contribution in [2.24, 2.45) is 5.73 Å². The molecule has 0 aromatic heterocycles. The fraction of sp³-hybridized carbons (Fsp3) is 1.00. The topological polar surface area (TPSA) is 29.3 Å². The summed E-state index contributed by atoms with van der Waals surface area (Å²) in [6.45, 7) is 8.37. The number of nitrogens with two attached hydrogens (primary N) is 1. The lowest BCUT2D eigenvalue weighted by molar-refractivity contribution is 0.311. The number of hydrogen-bond donors (Lipinski definition) is 1. The monoisotopic (exact) mass is 178 g/mol. The molecule has 70 valence electrons. The van der Waals surface area contributed by atoms with Crippen molar-refractivity contribution in [1.29, 1.82) is 0 Å². The normalized spacial score (nSPS) is 18.8. The summed E-state index contributed by atoms with van der Waals surface area (Å²) in [7, 11) is 0. The van der Waals surface area contributed by atoms with Crippen LogP contribution in [0.4, 0.5) is 0 Å². The van der Waals surface area contributed by atoms with Crippen LogP contribution in [0.2, 0.25) is 0 Å². The van der Waals surface area contributed by atoms with E-state index < -0.39 is 0 Å². The summed E-state index contributed by atoms with van der Waals surface area (Å²) in [5.74, 6) is 2.58. The van der Waals surface area contributed by atoms with E-state index in [1.807, 2.05) is 25.6 Å². The Kier molecular flexibility index (Phi) is 8.57. The predicted octanol–water partition coefficient (Wildman–Crippen LogP) is 1.27. The molecule has 0 atom stereocenters. The van der Waals surface area contributed by atoms with Crippen LogP contribution in [0.3, 0.4) is 0 Å². The first-order valence-corrected chi connectivity index (χ1v) is 5.59. The van der Waals surface area contributed by atoms with Crippen LogP contribution >= 0.6 is 11.8 Å². The lowest BCUT2D eigenvalue weighted by Gasteiger charge is -2.25. The van der Waals surface area contributed by atoms with Gasteiger partial charge in [-0.1, -0.05) is 13.8 Å². The molecule has 0 aromatic rings. The van der Waals surface area contributed by atoms with Crippen molar-refractivity contribution in [3.8, 4) is 0 Å². The van der Waals surface area contributed by atoms with Gasteiger partial charge in [0.15, 0.2) is 0 Å². The molecular weight excluding hydrogens is 156 g/mol. The summed E-state index contributed by atoms with van der Waals surface area (Å²) >= 11 is 2.04. The molecule has 1 saturated heterocycles. The zero-order valence-corrected chi connectivity index (χ0v) is 8.49. The summed E-state index contributed by atoms with van der Waals surface area (Å²) in [6.07, 6.45) is 0. The van der Waals surface area contributed by atoms with Gasteiger partial charge in [0, 0.05) is 39.1 Å². The number of hydrogen-bond acceptors (Lipinski definition) is 3. The Morgan fingerprint density at radius 2 is 1.91 bits per heavy atom. The van der Waals surface area contributed by atoms with Crippen molar-refractivity contribution >= 4 is 11.8 Å². The second kappa shape index (κ2) is 8.37. The van der Waals surface area contributed by atoms with E-state index in [2.05, 4.69) is 4.90 Å². The third-order valence-corrected chi connectivity index (χ3v) is 2.49. The zero-order chi connectivity index (χ0) is 8.53. The van der Waals surface area contributed by atoms with Crippen LogP contribution in [0.1, 0.15) is 15.3 Å². The molecular formula is C8H22N2S. The maximum Gasteiger partial charge on any atom is 0.0105 e. The first-order chi connectivity index (χ1) is 5.43. The van der Waals surface area contributed by atoms with Crippen molar-refractivity contribution in [2.45, 2.75) is 13.8 Å². The van der Waals surface area contributed by atoms with E-state index in [0.29, 0.717) is 0 Å². The smallest absolute Gasteiger partial charge is 0.0105 e. The quantitative estimate of drug-likeness (QED) is 0.690. The van der Waals surface area contributed by atoms with Crippen molar-refractivity contribution in [3.05, 3.63) is 0 Å². The first-order valence-electron chi connectivity index (χ1n) is 4.43. The highest BCUT2D eigenvalue weighted by atomic mass is 32.2. The Bertz CT molecular complexity index is 74.7. The summed E-state index contributed by atoms with van der Waals surface area (Å²) in [6, 6.07) is 0. The highest BCUT2D eigenvalue weighted by molar-refractivity contribution is 7.99. The van der Waals surface area contributed by atoms with E-state index in [0.717, 1.165) is 13.1 Å². The third kappa shape index (κ3) is 5.53. The van der Waals surface area contributed by atoms with Gasteiger partial charge in [-0.15, -0.1) is 0 Å². The maximum atomic E-state index is 5.41. The SMILES string of the molecule is CC.NCCN1CCSCC1.[HH]. The lowest BCUT2D eigenvalue weighted by atomic mass is 10.5. The molecule has 0 amide bonds. The number of rotatable bonds is 2. The zero-order valence-electron chi connectivity index (χ0n) is 7.68. The molecule has 0 spiro atoms. The van der Waals surface area contributed by atoms with Crippen LogP contribution in [0.25, 0.3) is 0 Å². The fourth-order valence-corrected chi connectivity index (χ4v) is 1.99. The molecule has 3 heteroatoms. The number of nitrogens with zero attached hydrogens (tertiary/aromatic N) is 1. The van der Waals surface area contributed by atoms with Crippen LogP contribution in [-0.2, 0) is 0 Å². The van der Waals surface area contributed by atoms with Gasteiger partial charge in [0.1, 0.15) is 0 Å². The van der Waals surface area contributed by atoms with E-state index >= 15 is 0 Å². The minimum absolute atomic E-state index is 0. The molecule has 0 aromatic carbocycles. The van der Waals surface area contributed by atoms with E-state index in [1.54, 1.807) is 0 Å². The molecule has 0 bridgehead atoms. The summed E-state index contributed by atoms with van der Waals surface area (Å²) in [5.41, 5.74) is 5.41. The van der Waals surface area contributed by atoms with Gasteiger partial charge in [0.2, 0.25) is 0 Å². The van der Waals surface area contributed by atoms with Gasteiger partial charge >= 0.3 is 0 Å². The molecule has 0 aliphatic carbocycles. The Labute approximate surface area is 76.0 Å². The Morgan fingerprint density at radius 1 is 1.36 bits per heavy atom. The van der Waals surface area contributed by atoms with Crippen LogP contribution in [0.5, 0.6) is 0 Å². The van der Waals surface area contributed by atoms with Crippen molar-refractivity contribution in [1.82, 2.24) is 4.90 Å². The predicted molar refractivity (Wildman–Crippen MR) is 56.3 cm³/mol. The van der Waals surface area contributed by atoms with Gasteiger partial charge in [-0.2, -0.15) is 11.8 Å². The van der Waals surface area contributed by atoms with Gasteiger partial charge in [-0.3, -0.25) is 0 Å². The van der Waals surface area contributed by atoms with E-state index in [4.69, 9.17) is 5.73 Å². The van der Waals surface area contributed by atoms with Gasteiger partial charge in [-0.05, 0) is 0 Å². The van der Waals surface area contributed by atoms with Gasteiger partial charge in [0.05, 0.1) is 0 Å². The van der Waals surface area contributed by atoms with E-state index in [-0.39, 0.29) is 1.43 Å². The second-order valence-electron chi connectivity index (χ2n) is 2.24. The molecule has 1 aliphatic heterocycles. The average molecular weight is 178 g/mol. The molecule has 11 heavy (non-hydrogen) atoms. The van der Waals surface area contributed by atoms with Crippen LogP contribution < -0.4 is 5.73 Å². The van der Waals surface area contributed by atoms with Crippen molar-refractivity contribution < 1.29 is 1.43 Å². The van der Waals surface area contributed by atoms with Crippen molar-refractivity contribution in [2.75, 3.05) is 37.7 Å². The third-order valence-electron chi connectivity index (χ3n) is 1.55. The average Bonchev–Trinajstić information content (AvgIpc) is 2.11. The first kappa shape index (κ1) is 11.3. The van der Waals surface area contributed by atoms with Crippen LogP contribution in [0.15, 0.2) is 0 Å². The van der Waals surface area contributed by atoms with Gasteiger partial charge in [0.25, 0.3) is 0 Å². The summed E-state index contributed by atoms with van der Waals surface area (Å²) in [4.78, 5) is 2.43. The van der Waals surface area contributed by atoms with Gasteiger partial charge < -0.3 is 10.6 Å². The molecule has 2 N–H and O–H groups in total. The lowest BCUT2D eigenvalue weighted by Crippen LogP contribution is -2.36. The number of thioether (sulfide) groups is 1. The minimum Gasteiger partial charge on any atom is -0.329 e. The largest absolute Gasteiger partial charge is 0.329 e. The molecule has 1 aliphatic rings. The molecule has 0 unspecified atom stereocenters. The van der Waals surface area contributed by atoms with Gasteiger partial charge in [-0.25, -0.2) is 0 Å². The Morgan fingerprint density at radius 3 is 2.36 bits per heavy atom. The molecule has 0 saturated carbocycles. The summed E-state index contributed by atoms with van der Waals surface area (Å²) in [5, 5.41) is 0. The maximum absolute atomic E-state index is 5.41. The van der Waals surface area contributed by atoms with E-state index in [1.165, 1.54) is 24.6 Å². The highest BCUT2D eigenvalue weighted by Crippen LogP contribution is 2.07. The second-order valence-corrected chi connectivity index (χ2v) is 3.47. The Hall–Kier alpha value is 0.270. The molecule has 1 heterocycles. The molecule has 1 rings (SSSR count). The van der Waals surface area contributed by atoms with E-state index in [9.17, 15) is 0 Å².